The Morgan fingerprint density at radius 1 is 1.24 bits per heavy atom. The average Bonchev–Trinajstić information content (AvgIpc) is 2.95. The summed E-state index contributed by atoms with van der Waals surface area (Å²) >= 11 is 0. The first kappa shape index (κ1) is 15.1. The number of fused-ring (bicyclic) bond motifs is 1. The molecule has 0 aromatic heterocycles. The van der Waals surface area contributed by atoms with Gasteiger partial charge >= 0.3 is 0 Å². The van der Waals surface area contributed by atoms with Crippen molar-refractivity contribution in [3.8, 4) is 0 Å². The lowest BCUT2D eigenvalue weighted by Gasteiger charge is -2.33. The zero-order valence-electron chi connectivity index (χ0n) is 13.6. The summed E-state index contributed by atoms with van der Waals surface area (Å²) in [4.78, 5) is 2.75. The van der Waals surface area contributed by atoms with Crippen LogP contribution in [0.5, 0.6) is 0 Å². The normalized spacial score (nSPS) is 26.2. The number of nitrogens with zero attached hydrogens (tertiary/aromatic N) is 1. The van der Waals surface area contributed by atoms with Crippen molar-refractivity contribution in [2.75, 3.05) is 26.2 Å². The number of likely N-dealkylation sites (tertiary alicyclic amines) is 1. The summed E-state index contributed by atoms with van der Waals surface area (Å²) in [5.74, 6) is 1.60. The van der Waals surface area contributed by atoms with E-state index >= 15 is 0 Å². The second kappa shape index (κ2) is 6.93. The number of aryl methyl sites for hydroxylation is 1. The van der Waals surface area contributed by atoms with Crippen LogP contribution >= 0.6 is 0 Å². The lowest BCUT2D eigenvalue weighted by molar-refractivity contribution is 0.213. The van der Waals surface area contributed by atoms with Crippen LogP contribution in [-0.2, 0) is 6.42 Å². The summed E-state index contributed by atoms with van der Waals surface area (Å²) in [5, 5.41) is 3.64. The molecule has 2 heteroatoms. The van der Waals surface area contributed by atoms with Crippen LogP contribution in [0.15, 0.2) is 24.3 Å². The second-order valence-electron chi connectivity index (χ2n) is 7.31. The highest BCUT2D eigenvalue weighted by Gasteiger charge is 2.31. The molecule has 3 rings (SSSR count). The maximum absolute atomic E-state index is 3.64. The first-order chi connectivity index (χ1) is 10.2. The maximum atomic E-state index is 3.64. The minimum Gasteiger partial charge on any atom is -0.316 e. The van der Waals surface area contributed by atoms with Crippen molar-refractivity contribution in [1.29, 1.82) is 0 Å². The highest BCUT2D eigenvalue weighted by Crippen LogP contribution is 2.36. The molecule has 0 bridgehead atoms. The molecular weight excluding hydrogens is 256 g/mol. The van der Waals surface area contributed by atoms with Gasteiger partial charge in [-0.1, -0.05) is 38.1 Å². The monoisotopic (exact) mass is 286 g/mol. The number of nitrogens with one attached hydrogen (secondary N) is 1. The van der Waals surface area contributed by atoms with E-state index in [1.807, 2.05) is 0 Å². The Morgan fingerprint density at radius 3 is 2.95 bits per heavy atom. The number of hydrogen-bond acceptors (Lipinski definition) is 2. The summed E-state index contributed by atoms with van der Waals surface area (Å²) in [5.41, 5.74) is 3.20. The van der Waals surface area contributed by atoms with Gasteiger partial charge in [0, 0.05) is 12.6 Å². The quantitative estimate of drug-likeness (QED) is 0.889. The third-order valence-electron chi connectivity index (χ3n) is 5.08. The Kier molecular flexibility index (Phi) is 4.97. The molecule has 1 heterocycles. The van der Waals surface area contributed by atoms with Gasteiger partial charge in [0.05, 0.1) is 0 Å². The molecule has 0 spiro atoms. The number of rotatable bonds is 5. The Labute approximate surface area is 129 Å². The predicted molar refractivity (Wildman–Crippen MR) is 89.5 cm³/mol. The summed E-state index contributed by atoms with van der Waals surface area (Å²) in [6.45, 7) is 9.49. The Balaban J connectivity index is 1.57. The SMILES string of the molecule is CC(C)CNCC1CCN(C2CCCc3ccccc32)C1. The third-order valence-corrected chi connectivity index (χ3v) is 5.08. The van der Waals surface area contributed by atoms with Gasteiger partial charge in [0.2, 0.25) is 0 Å². The van der Waals surface area contributed by atoms with Crippen LogP contribution in [0.25, 0.3) is 0 Å². The van der Waals surface area contributed by atoms with Crippen molar-refractivity contribution in [1.82, 2.24) is 10.2 Å². The minimum atomic E-state index is 0.685. The number of benzene rings is 1. The summed E-state index contributed by atoms with van der Waals surface area (Å²) in [6.07, 6.45) is 5.35. The molecule has 21 heavy (non-hydrogen) atoms. The lowest BCUT2D eigenvalue weighted by Crippen LogP contribution is -2.32. The van der Waals surface area contributed by atoms with E-state index in [4.69, 9.17) is 0 Å². The van der Waals surface area contributed by atoms with Crippen molar-refractivity contribution < 1.29 is 0 Å². The molecule has 1 N–H and O–H groups in total. The summed E-state index contributed by atoms with van der Waals surface area (Å²) in [7, 11) is 0. The lowest BCUT2D eigenvalue weighted by atomic mass is 9.87. The average molecular weight is 286 g/mol. The van der Waals surface area contributed by atoms with Crippen molar-refractivity contribution >= 4 is 0 Å². The molecular formula is C19H30N2. The molecule has 116 valence electrons. The molecule has 0 saturated carbocycles. The van der Waals surface area contributed by atoms with Crippen LogP contribution in [0.3, 0.4) is 0 Å². The van der Waals surface area contributed by atoms with Crippen molar-refractivity contribution in [3.63, 3.8) is 0 Å². The zero-order chi connectivity index (χ0) is 14.7. The van der Waals surface area contributed by atoms with E-state index in [2.05, 4.69) is 48.3 Å². The van der Waals surface area contributed by atoms with Crippen LogP contribution in [-0.4, -0.2) is 31.1 Å². The fraction of sp³-hybridized carbons (Fsp3) is 0.684. The molecule has 2 nitrogen and oxygen atoms in total. The predicted octanol–water partition coefficient (Wildman–Crippen LogP) is 3.63. The summed E-state index contributed by atoms with van der Waals surface area (Å²) < 4.78 is 0. The van der Waals surface area contributed by atoms with Gasteiger partial charge < -0.3 is 5.32 Å². The van der Waals surface area contributed by atoms with Gasteiger partial charge in [0.1, 0.15) is 0 Å². The molecule has 2 unspecified atom stereocenters. The van der Waals surface area contributed by atoms with Gasteiger partial charge in [-0.05, 0) is 68.3 Å². The van der Waals surface area contributed by atoms with E-state index in [1.165, 1.54) is 45.3 Å². The van der Waals surface area contributed by atoms with Gasteiger partial charge in [-0.15, -0.1) is 0 Å². The molecule has 1 aliphatic heterocycles. The van der Waals surface area contributed by atoms with Crippen LogP contribution in [0.1, 0.15) is 50.3 Å². The fourth-order valence-electron chi connectivity index (χ4n) is 4.00. The molecule has 2 aliphatic rings. The van der Waals surface area contributed by atoms with Crippen molar-refractivity contribution in [3.05, 3.63) is 35.4 Å². The van der Waals surface area contributed by atoms with Crippen LogP contribution in [0.4, 0.5) is 0 Å². The second-order valence-corrected chi connectivity index (χ2v) is 7.31. The zero-order valence-corrected chi connectivity index (χ0v) is 13.6. The highest BCUT2D eigenvalue weighted by molar-refractivity contribution is 5.32. The van der Waals surface area contributed by atoms with Gasteiger partial charge in [-0.3, -0.25) is 4.90 Å². The Hall–Kier alpha value is -0.860. The molecule has 0 radical (unpaired) electrons. The van der Waals surface area contributed by atoms with E-state index in [9.17, 15) is 0 Å². The topological polar surface area (TPSA) is 15.3 Å². The maximum Gasteiger partial charge on any atom is 0.0351 e. The van der Waals surface area contributed by atoms with E-state index in [-0.39, 0.29) is 0 Å². The van der Waals surface area contributed by atoms with E-state index < -0.39 is 0 Å². The molecule has 2 atom stereocenters. The third kappa shape index (κ3) is 3.67. The van der Waals surface area contributed by atoms with Gasteiger partial charge in [0.15, 0.2) is 0 Å². The largest absolute Gasteiger partial charge is 0.316 e. The Bertz CT molecular complexity index is 455. The molecule has 1 fully saturated rings. The Morgan fingerprint density at radius 2 is 2.10 bits per heavy atom. The number of hydrogen-bond donors (Lipinski definition) is 1. The van der Waals surface area contributed by atoms with Crippen LogP contribution in [0.2, 0.25) is 0 Å². The smallest absolute Gasteiger partial charge is 0.0351 e. The van der Waals surface area contributed by atoms with Crippen LogP contribution in [0, 0.1) is 11.8 Å². The fourth-order valence-corrected chi connectivity index (χ4v) is 4.00. The van der Waals surface area contributed by atoms with Crippen molar-refractivity contribution in [2.45, 2.75) is 45.6 Å². The highest BCUT2D eigenvalue weighted by atomic mass is 15.2. The molecule has 0 amide bonds. The van der Waals surface area contributed by atoms with Crippen molar-refractivity contribution in [2.24, 2.45) is 11.8 Å². The van der Waals surface area contributed by atoms with E-state index in [0.29, 0.717) is 6.04 Å². The van der Waals surface area contributed by atoms with E-state index in [0.717, 1.165) is 18.4 Å². The van der Waals surface area contributed by atoms with Gasteiger partial charge in [-0.25, -0.2) is 0 Å². The van der Waals surface area contributed by atoms with Gasteiger partial charge in [0.25, 0.3) is 0 Å². The van der Waals surface area contributed by atoms with Crippen LogP contribution < -0.4 is 5.32 Å². The summed E-state index contributed by atoms with van der Waals surface area (Å²) in [6, 6.07) is 9.80. The first-order valence-corrected chi connectivity index (χ1v) is 8.76. The molecule has 1 aromatic rings. The minimum absolute atomic E-state index is 0.685. The molecule has 1 aromatic carbocycles. The van der Waals surface area contributed by atoms with E-state index in [1.54, 1.807) is 11.1 Å². The van der Waals surface area contributed by atoms with Gasteiger partial charge in [-0.2, -0.15) is 0 Å². The molecule has 1 aliphatic carbocycles. The first-order valence-electron chi connectivity index (χ1n) is 8.76. The standard InChI is InChI=1S/C19H30N2/c1-15(2)12-20-13-16-10-11-21(14-16)19-9-5-7-17-6-3-4-8-18(17)19/h3-4,6,8,15-16,19-20H,5,7,9-14H2,1-2H3. The molecule has 1 saturated heterocycles.